The first kappa shape index (κ1) is 13.9. The second-order valence-electron chi connectivity index (χ2n) is 4.40. The van der Waals surface area contributed by atoms with Crippen LogP contribution in [0.1, 0.15) is 28.4 Å². The second-order valence-corrected chi connectivity index (χ2v) is 5.25. The van der Waals surface area contributed by atoms with Crippen LogP contribution in [-0.2, 0) is 12.8 Å². The summed E-state index contributed by atoms with van der Waals surface area (Å²) >= 11 is 3.07. The van der Waals surface area contributed by atoms with E-state index in [4.69, 9.17) is 0 Å². The van der Waals surface area contributed by atoms with Crippen LogP contribution >= 0.6 is 15.9 Å². The lowest BCUT2D eigenvalue weighted by molar-refractivity contribution is 0.0992. The molecule has 2 rings (SSSR count). The van der Waals surface area contributed by atoms with Crippen molar-refractivity contribution in [2.75, 3.05) is 0 Å². The third-order valence-electron chi connectivity index (χ3n) is 3.04. The molecule has 2 aromatic rings. The highest BCUT2D eigenvalue weighted by molar-refractivity contribution is 9.10. The Morgan fingerprint density at radius 2 is 1.74 bits per heavy atom. The van der Waals surface area contributed by atoms with Crippen LogP contribution in [0.15, 0.2) is 46.9 Å². The van der Waals surface area contributed by atoms with Crippen molar-refractivity contribution in [2.24, 2.45) is 0 Å². The Balaban J connectivity index is 2.13. The predicted octanol–water partition coefficient (Wildman–Crippen LogP) is 4.58. The van der Waals surface area contributed by atoms with Crippen LogP contribution in [0.4, 0.5) is 4.39 Å². The van der Waals surface area contributed by atoms with Crippen molar-refractivity contribution in [3.63, 3.8) is 0 Å². The number of hydrogen-bond acceptors (Lipinski definition) is 1. The van der Waals surface area contributed by atoms with Crippen LogP contribution in [0.3, 0.4) is 0 Å². The van der Waals surface area contributed by atoms with E-state index in [9.17, 15) is 9.18 Å². The number of hydrogen-bond donors (Lipinski definition) is 0. The third kappa shape index (κ3) is 3.51. The molecule has 1 nitrogen and oxygen atoms in total. The summed E-state index contributed by atoms with van der Waals surface area (Å²) < 4.78 is 13.7. The number of benzene rings is 2. The van der Waals surface area contributed by atoms with Gasteiger partial charge >= 0.3 is 0 Å². The molecule has 0 aliphatic carbocycles. The minimum absolute atomic E-state index is 0.0735. The molecule has 0 spiro atoms. The maximum atomic E-state index is 13.4. The number of rotatable bonds is 4. The topological polar surface area (TPSA) is 17.1 Å². The summed E-state index contributed by atoms with van der Waals surface area (Å²) in [6.45, 7) is 2.09. The highest BCUT2D eigenvalue weighted by Gasteiger charge is 2.09. The summed E-state index contributed by atoms with van der Waals surface area (Å²) in [4.78, 5) is 12.1. The summed E-state index contributed by atoms with van der Waals surface area (Å²) in [5.74, 6) is -0.483. The highest BCUT2D eigenvalue weighted by atomic mass is 79.9. The van der Waals surface area contributed by atoms with Crippen LogP contribution in [0.2, 0.25) is 0 Å². The van der Waals surface area contributed by atoms with Gasteiger partial charge in [-0.25, -0.2) is 4.39 Å². The van der Waals surface area contributed by atoms with Crippen molar-refractivity contribution in [3.05, 3.63) is 69.4 Å². The Labute approximate surface area is 120 Å². The van der Waals surface area contributed by atoms with Gasteiger partial charge in [0.1, 0.15) is 5.82 Å². The van der Waals surface area contributed by atoms with E-state index < -0.39 is 5.82 Å². The minimum atomic E-state index is -0.410. The summed E-state index contributed by atoms with van der Waals surface area (Å²) in [6, 6.07) is 12.4. The Kier molecular flexibility index (Phi) is 4.48. The van der Waals surface area contributed by atoms with Crippen LogP contribution in [0.25, 0.3) is 0 Å². The Morgan fingerprint density at radius 3 is 2.32 bits per heavy atom. The number of ketones is 1. The molecule has 0 aliphatic heterocycles. The number of carbonyl (C=O) groups excluding carboxylic acids is 1. The standard InChI is InChI=1S/C16H14BrFO/c1-2-11-3-5-12(6-4-11)9-16(19)13-7-8-14(17)15(18)10-13/h3-8,10H,2,9H2,1H3. The van der Waals surface area contributed by atoms with Crippen molar-refractivity contribution >= 4 is 21.7 Å². The highest BCUT2D eigenvalue weighted by Crippen LogP contribution is 2.18. The molecule has 0 unspecified atom stereocenters. The molecule has 0 fully saturated rings. The number of Topliss-reactive ketones (excluding diaryl/α,β-unsaturated/α-hetero) is 1. The fourth-order valence-corrected chi connectivity index (χ4v) is 2.10. The van der Waals surface area contributed by atoms with Gasteiger partial charge in [0, 0.05) is 12.0 Å². The van der Waals surface area contributed by atoms with Gasteiger partial charge < -0.3 is 0 Å². The van der Waals surface area contributed by atoms with Gasteiger partial charge in [0.2, 0.25) is 0 Å². The van der Waals surface area contributed by atoms with Crippen molar-refractivity contribution < 1.29 is 9.18 Å². The summed E-state index contributed by atoms with van der Waals surface area (Å²) in [6.07, 6.45) is 1.28. The van der Waals surface area contributed by atoms with E-state index in [0.717, 1.165) is 12.0 Å². The molecule has 19 heavy (non-hydrogen) atoms. The average molecular weight is 321 g/mol. The molecule has 0 radical (unpaired) electrons. The van der Waals surface area contributed by atoms with Crippen LogP contribution in [0.5, 0.6) is 0 Å². The first-order valence-corrected chi connectivity index (χ1v) is 6.95. The summed E-state index contributed by atoms with van der Waals surface area (Å²) in [5, 5.41) is 0. The van der Waals surface area contributed by atoms with Crippen LogP contribution in [-0.4, -0.2) is 5.78 Å². The van der Waals surface area contributed by atoms with Crippen LogP contribution < -0.4 is 0 Å². The molecule has 0 amide bonds. The third-order valence-corrected chi connectivity index (χ3v) is 3.68. The van der Waals surface area contributed by atoms with Crippen molar-refractivity contribution in [2.45, 2.75) is 19.8 Å². The van der Waals surface area contributed by atoms with Gasteiger partial charge in [-0.2, -0.15) is 0 Å². The molecule has 98 valence electrons. The van der Waals surface area contributed by atoms with E-state index in [0.29, 0.717) is 16.5 Å². The first-order valence-electron chi connectivity index (χ1n) is 6.16. The molecule has 0 bridgehead atoms. The maximum Gasteiger partial charge on any atom is 0.167 e. The van der Waals surface area contributed by atoms with E-state index in [2.05, 4.69) is 22.9 Å². The zero-order chi connectivity index (χ0) is 13.8. The maximum absolute atomic E-state index is 13.4. The normalized spacial score (nSPS) is 10.5. The molecule has 0 atom stereocenters. The van der Waals surface area contributed by atoms with Crippen molar-refractivity contribution in [1.29, 1.82) is 0 Å². The first-order chi connectivity index (χ1) is 9.10. The lowest BCUT2D eigenvalue weighted by Crippen LogP contribution is -2.04. The van der Waals surface area contributed by atoms with Gasteiger partial charge in [-0.1, -0.05) is 37.3 Å². The molecule has 0 N–H and O–H groups in total. The van der Waals surface area contributed by atoms with Crippen LogP contribution in [0, 0.1) is 5.82 Å². The van der Waals surface area contributed by atoms with Gasteiger partial charge in [-0.3, -0.25) is 4.79 Å². The molecule has 0 aliphatic rings. The molecule has 0 heterocycles. The van der Waals surface area contributed by atoms with Gasteiger partial charge in [0.05, 0.1) is 4.47 Å². The molecule has 2 aromatic carbocycles. The molecule has 0 aromatic heterocycles. The number of halogens is 2. The van der Waals surface area contributed by atoms with E-state index >= 15 is 0 Å². The lowest BCUT2D eigenvalue weighted by Gasteiger charge is -2.04. The lowest BCUT2D eigenvalue weighted by atomic mass is 10.0. The van der Waals surface area contributed by atoms with E-state index in [1.54, 1.807) is 12.1 Å². The molecule has 0 saturated carbocycles. The molecular weight excluding hydrogens is 307 g/mol. The number of carbonyl (C=O) groups is 1. The predicted molar refractivity (Wildman–Crippen MR) is 78.0 cm³/mol. The number of aryl methyl sites for hydroxylation is 1. The largest absolute Gasteiger partial charge is 0.294 e. The minimum Gasteiger partial charge on any atom is -0.294 e. The molecule has 0 saturated heterocycles. The molecular formula is C16H14BrFO. The zero-order valence-electron chi connectivity index (χ0n) is 10.6. The van der Waals surface area contributed by atoms with Gasteiger partial charge in [-0.15, -0.1) is 0 Å². The smallest absolute Gasteiger partial charge is 0.167 e. The summed E-state index contributed by atoms with van der Waals surface area (Å²) in [7, 11) is 0. The van der Waals surface area contributed by atoms with E-state index in [-0.39, 0.29) is 5.78 Å². The second kappa shape index (κ2) is 6.11. The van der Waals surface area contributed by atoms with E-state index in [1.165, 1.54) is 11.6 Å². The average Bonchev–Trinajstić information content (AvgIpc) is 2.42. The zero-order valence-corrected chi connectivity index (χ0v) is 12.2. The molecule has 3 heteroatoms. The fraction of sp³-hybridized carbons (Fsp3) is 0.188. The Bertz CT molecular complexity index is 590. The Morgan fingerprint density at radius 1 is 1.11 bits per heavy atom. The van der Waals surface area contributed by atoms with E-state index in [1.807, 2.05) is 24.3 Å². The monoisotopic (exact) mass is 320 g/mol. The van der Waals surface area contributed by atoms with Crippen molar-refractivity contribution in [1.82, 2.24) is 0 Å². The SMILES string of the molecule is CCc1ccc(CC(=O)c2ccc(Br)c(F)c2)cc1. The fourth-order valence-electron chi connectivity index (χ4n) is 1.85. The Hall–Kier alpha value is -1.48. The van der Waals surface area contributed by atoms with Crippen molar-refractivity contribution in [3.8, 4) is 0 Å². The summed E-state index contributed by atoms with van der Waals surface area (Å²) in [5.41, 5.74) is 2.59. The van der Waals surface area contributed by atoms with Gasteiger partial charge in [0.15, 0.2) is 5.78 Å². The quantitative estimate of drug-likeness (QED) is 0.754. The van der Waals surface area contributed by atoms with Gasteiger partial charge in [-0.05, 0) is 45.6 Å². The van der Waals surface area contributed by atoms with Gasteiger partial charge in [0.25, 0.3) is 0 Å².